The summed E-state index contributed by atoms with van der Waals surface area (Å²) in [5.74, 6) is 0.627. The van der Waals surface area contributed by atoms with Gasteiger partial charge in [0.25, 0.3) is 0 Å². The number of ether oxygens (including phenoxy) is 1. The number of aliphatic hydroxyl groups excluding tert-OH is 1. The lowest BCUT2D eigenvalue weighted by atomic mass is 9.86. The lowest BCUT2D eigenvalue weighted by Crippen LogP contribution is -2.28. The topological polar surface area (TPSA) is 66.8 Å². The van der Waals surface area contributed by atoms with Gasteiger partial charge in [-0.3, -0.25) is 4.79 Å². The molecule has 2 N–H and O–H groups in total. The van der Waals surface area contributed by atoms with Crippen molar-refractivity contribution in [3.05, 3.63) is 23.8 Å². The molecule has 4 heteroatoms. The van der Waals surface area contributed by atoms with E-state index in [1.807, 2.05) is 12.1 Å². The number of phenols is 1. The number of aromatic hydroxyl groups is 1. The van der Waals surface area contributed by atoms with Gasteiger partial charge in [-0.25, -0.2) is 0 Å². The number of carbonyl (C=O) groups excluding carboxylic acids is 1. The highest BCUT2D eigenvalue weighted by Gasteiger charge is 2.25. The highest BCUT2D eigenvalue weighted by molar-refractivity contribution is 5.81. The highest BCUT2D eigenvalue weighted by Crippen LogP contribution is 2.32. The predicted molar refractivity (Wildman–Crippen MR) is 127 cm³/mol. The first-order valence-electron chi connectivity index (χ1n) is 12.7. The average Bonchev–Trinajstić information content (AvgIpc) is 2.78. The number of aryl methyl sites for hydroxylation is 1. The molecule has 0 radical (unpaired) electrons. The van der Waals surface area contributed by atoms with Crippen LogP contribution >= 0.6 is 0 Å². The van der Waals surface area contributed by atoms with Crippen LogP contribution in [0.2, 0.25) is 0 Å². The number of benzene rings is 1. The van der Waals surface area contributed by atoms with Gasteiger partial charge in [-0.15, -0.1) is 0 Å². The van der Waals surface area contributed by atoms with Crippen LogP contribution in [0.4, 0.5) is 0 Å². The summed E-state index contributed by atoms with van der Waals surface area (Å²) in [5, 5.41) is 20.9. The second-order valence-corrected chi connectivity index (χ2v) is 9.31. The van der Waals surface area contributed by atoms with Crippen LogP contribution in [0.3, 0.4) is 0 Å². The van der Waals surface area contributed by atoms with Crippen LogP contribution in [0.1, 0.15) is 109 Å². The Kier molecular flexibility index (Phi) is 12.0. The van der Waals surface area contributed by atoms with Crippen molar-refractivity contribution in [2.24, 2.45) is 5.92 Å². The Balaban J connectivity index is 1.94. The van der Waals surface area contributed by atoms with Crippen molar-refractivity contribution in [1.29, 1.82) is 0 Å². The minimum Gasteiger partial charge on any atom is -0.504 e. The van der Waals surface area contributed by atoms with Gasteiger partial charge in [-0.05, 0) is 62.6 Å². The van der Waals surface area contributed by atoms with Crippen molar-refractivity contribution < 1.29 is 19.7 Å². The predicted octanol–water partition coefficient (Wildman–Crippen LogP) is 6.74. The third-order valence-electron chi connectivity index (χ3n) is 6.63. The number of hydrogen-bond acceptors (Lipinski definition) is 4. The van der Waals surface area contributed by atoms with Crippen LogP contribution in [0, 0.1) is 5.92 Å². The second kappa shape index (κ2) is 14.5. The molecular weight excluding hydrogens is 388 g/mol. The summed E-state index contributed by atoms with van der Waals surface area (Å²) in [4.78, 5) is 13.0. The fourth-order valence-corrected chi connectivity index (χ4v) is 4.61. The number of hydrogen-bond donors (Lipinski definition) is 2. The molecule has 1 aliphatic carbocycles. The zero-order chi connectivity index (χ0) is 22.5. The SMILES string of the molecule is CCCCC[C@@H](O)[C@@H](CCCCC)C(=O)CCc1ccc(O)c(OC2CCCCC2)c1. The van der Waals surface area contributed by atoms with E-state index >= 15 is 0 Å². The first-order chi connectivity index (χ1) is 15.0. The third kappa shape index (κ3) is 9.22. The standard InChI is InChI=1S/C27H44O4/c1-3-5-8-14-23(24(28)15-9-6-4-2)25(29)18-16-21-17-19-26(30)27(20-21)31-22-12-10-7-11-13-22/h17,19-20,22-24,28,30H,3-16,18H2,1-2H3/t23-,24-/m1/s1. The first kappa shape index (κ1) is 25.7. The van der Waals surface area contributed by atoms with E-state index in [1.54, 1.807) is 6.07 Å². The van der Waals surface area contributed by atoms with Crippen LogP contribution in [-0.4, -0.2) is 28.2 Å². The molecule has 1 fully saturated rings. The van der Waals surface area contributed by atoms with Gasteiger partial charge in [0.05, 0.1) is 12.2 Å². The van der Waals surface area contributed by atoms with E-state index in [2.05, 4.69) is 13.8 Å². The molecule has 0 aliphatic heterocycles. The van der Waals surface area contributed by atoms with Gasteiger partial charge in [0.15, 0.2) is 11.5 Å². The van der Waals surface area contributed by atoms with Gasteiger partial charge in [-0.1, -0.05) is 64.9 Å². The van der Waals surface area contributed by atoms with Gasteiger partial charge < -0.3 is 14.9 Å². The van der Waals surface area contributed by atoms with E-state index in [4.69, 9.17) is 4.74 Å². The number of carbonyl (C=O) groups is 1. The Morgan fingerprint density at radius 1 is 1.03 bits per heavy atom. The molecule has 1 aliphatic rings. The molecule has 0 saturated heterocycles. The van der Waals surface area contributed by atoms with Crippen LogP contribution in [-0.2, 0) is 11.2 Å². The monoisotopic (exact) mass is 432 g/mol. The summed E-state index contributed by atoms with van der Waals surface area (Å²) in [6.45, 7) is 4.31. The van der Waals surface area contributed by atoms with Gasteiger partial charge in [0.2, 0.25) is 0 Å². The number of ketones is 1. The summed E-state index contributed by atoms with van der Waals surface area (Å²) in [6, 6.07) is 5.44. The highest BCUT2D eigenvalue weighted by atomic mass is 16.5. The summed E-state index contributed by atoms with van der Waals surface area (Å²) in [5.41, 5.74) is 1.00. The van der Waals surface area contributed by atoms with Crippen molar-refractivity contribution in [3.63, 3.8) is 0 Å². The normalized spacial score (nSPS) is 16.7. The molecule has 31 heavy (non-hydrogen) atoms. The summed E-state index contributed by atoms with van der Waals surface area (Å²) < 4.78 is 6.06. The maximum absolute atomic E-state index is 13.0. The van der Waals surface area contributed by atoms with E-state index in [9.17, 15) is 15.0 Å². The molecule has 0 unspecified atom stereocenters. The lowest BCUT2D eigenvalue weighted by Gasteiger charge is -2.24. The molecule has 0 spiro atoms. The minimum atomic E-state index is -0.527. The number of phenolic OH excluding ortho intramolecular Hbond substituents is 1. The molecule has 0 heterocycles. The molecule has 1 saturated carbocycles. The smallest absolute Gasteiger partial charge is 0.161 e. The van der Waals surface area contributed by atoms with E-state index in [1.165, 1.54) is 19.3 Å². The molecule has 1 aromatic rings. The third-order valence-corrected chi connectivity index (χ3v) is 6.63. The van der Waals surface area contributed by atoms with Crippen molar-refractivity contribution in [1.82, 2.24) is 0 Å². The maximum Gasteiger partial charge on any atom is 0.161 e. The zero-order valence-corrected chi connectivity index (χ0v) is 19.8. The summed E-state index contributed by atoms with van der Waals surface area (Å²) in [6.07, 6.45) is 14.3. The van der Waals surface area contributed by atoms with Gasteiger partial charge in [0.1, 0.15) is 5.78 Å². The van der Waals surface area contributed by atoms with E-state index in [0.29, 0.717) is 18.6 Å². The Morgan fingerprint density at radius 2 is 1.71 bits per heavy atom. The van der Waals surface area contributed by atoms with Crippen LogP contribution in [0.5, 0.6) is 11.5 Å². The summed E-state index contributed by atoms with van der Waals surface area (Å²) >= 11 is 0. The van der Waals surface area contributed by atoms with Crippen LogP contribution in [0.15, 0.2) is 18.2 Å². The zero-order valence-electron chi connectivity index (χ0n) is 19.8. The molecule has 176 valence electrons. The Hall–Kier alpha value is -1.55. The minimum absolute atomic E-state index is 0.169. The van der Waals surface area contributed by atoms with Gasteiger partial charge >= 0.3 is 0 Å². The number of rotatable bonds is 15. The van der Waals surface area contributed by atoms with E-state index in [-0.39, 0.29) is 23.6 Å². The average molecular weight is 433 g/mol. The Bertz CT molecular complexity index is 636. The van der Waals surface area contributed by atoms with E-state index < -0.39 is 6.10 Å². The first-order valence-corrected chi connectivity index (χ1v) is 12.7. The largest absolute Gasteiger partial charge is 0.504 e. The summed E-state index contributed by atoms with van der Waals surface area (Å²) in [7, 11) is 0. The Morgan fingerprint density at radius 3 is 2.39 bits per heavy atom. The van der Waals surface area contributed by atoms with Crippen molar-refractivity contribution in [3.8, 4) is 11.5 Å². The van der Waals surface area contributed by atoms with Gasteiger partial charge in [-0.2, -0.15) is 0 Å². The molecule has 4 nitrogen and oxygen atoms in total. The molecule has 0 amide bonds. The molecule has 2 atom stereocenters. The second-order valence-electron chi connectivity index (χ2n) is 9.31. The molecule has 0 bridgehead atoms. The fourth-order valence-electron chi connectivity index (χ4n) is 4.61. The van der Waals surface area contributed by atoms with Crippen LogP contribution in [0.25, 0.3) is 0 Å². The molecular formula is C27H44O4. The molecule has 1 aromatic carbocycles. The van der Waals surface area contributed by atoms with Crippen molar-refractivity contribution >= 4 is 5.78 Å². The number of unbranched alkanes of at least 4 members (excludes halogenated alkanes) is 4. The Labute approximate surface area is 189 Å². The maximum atomic E-state index is 13.0. The van der Waals surface area contributed by atoms with Crippen LogP contribution < -0.4 is 4.74 Å². The van der Waals surface area contributed by atoms with Crippen molar-refractivity contribution in [2.45, 2.75) is 122 Å². The molecule has 0 aromatic heterocycles. The quantitative estimate of drug-likeness (QED) is 0.301. The molecule has 2 rings (SSSR count). The lowest BCUT2D eigenvalue weighted by molar-refractivity contribution is -0.126. The number of Topliss-reactive ketones (excluding diaryl/α,β-unsaturated/α-hetero) is 1. The number of aliphatic hydroxyl groups is 1. The van der Waals surface area contributed by atoms with Gasteiger partial charge in [0, 0.05) is 12.3 Å². The van der Waals surface area contributed by atoms with Crippen molar-refractivity contribution in [2.75, 3.05) is 0 Å². The fraction of sp³-hybridized carbons (Fsp3) is 0.741. The van der Waals surface area contributed by atoms with E-state index in [0.717, 1.165) is 69.8 Å².